The fourth-order valence-corrected chi connectivity index (χ4v) is 2.30. The maximum Gasteiger partial charge on any atom is 0.348 e. The van der Waals surface area contributed by atoms with Crippen molar-refractivity contribution in [3.63, 3.8) is 0 Å². The predicted octanol–water partition coefficient (Wildman–Crippen LogP) is 2.50. The third-order valence-corrected chi connectivity index (χ3v) is 4.20. The summed E-state index contributed by atoms with van der Waals surface area (Å²) in [5.74, 6) is 0.815. The molecule has 2 aromatic heterocycles. The third kappa shape index (κ3) is 3.07. The van der Waals surface area contributed by atoms with Gasteiger partial charge in [-0.15, -0.1) is 0 Å². The van der Waals surface area contributed by atoms with Gasteiger partial charge in [0.25, 0.3) is 0 Å². The van der Waals surface area contributed by atoms with Crippen molar-refractivity contribution < 1.29 is 0 Å². The zero-order valence-electron chi connectivity index (χ0n) is 11.8. The van der Waals surface area contributed by atoms with Gasteiger partial charge >= 0.3 is 5.69 Å². The second kappa shape index (κ2) is 6.17. The van der Waals surface area contributed by atoms with E-state index < -0.39 is 0 Å². The maximum atomic E-state index is 12.0. The van der Waals surface area contributed by atoms with Gasteiger partial charge in [0.05, 0.1) is 16.7 Å². The topological polar surface area (TPSA) is 59.8 Å². The molecule has 0 amide bonds. The zero-order valence-corrected chi connectivity index (χ0v) is 13.4. The molecule has 0 fully saturated rings. The fraction of sp³-hybridized carbons (Fsp3) is 0.357. The number of halogens is 1. The molecule has 0 aromatic carbocycles. The van der Waals surface area contributed by atoms with Crippen LogP contribution >= 0.6 is 15.9 Å². The number of rotatable bonds is 4. The van der Waals surface area contributed by atoms with E-state index in [4.69, 9.17) is 0 Å². The lowest BCUT2D eigenvalue weighted by molar-refractivity contribution is 0.688. The highest BCUT2D eigenvalue weighted by molar-refractivity contribution is 9.10. The minimum atomic E-state index is -0.231. The number of aromatic nitrogens is 3. The molecule has 2 aromatic rings. The average molecular weight is 337 g/mol. The van der Waals surface area contributed by atoms with Crippen LogP contribution in [0.3, 0.4) is 0 Å². The van der Waals surface area contributed by atoms with Crippen LogP contribution in [0.2, 0.25) is 0 Å². The fourth-order valence-electron chi connectivity index (χ4n) is 2.00. The monoisotopic (exact) mass is 336 g/mol. The van der Waals surface area contributed by atoms with Gasteiger partial charge in [0, 0.05) is 18.4 Å². The van der Waals surface area contributed by atoms with Crippen molar-refractivity contribution in [1.82, 2.24) is 14.5 Å². The summed E-state index contributed by atoms with van der Waals surface area (Å²) in [7, 11) is 0. The molecule has 0 aliphatic heterocycles. The molecule has 106 valence electrons. The molecule has 6 heteroatoms. The average Bonchev–Trinajstić information content (AvgIpc) is 2.42. The highest BCUT2D eigenvalue weighted by Gasteiger charge is 2.09. The first-order chi connectivity index (χ1) is 9.52. The summed E-state index contributed by atoms with van der Waals surface area (Å²) in [4.78, 5) is 20.3. The Morgan fingerprint density at radius 2 is 2.15 bits per heavy atom. The second-order valence-corrected chi connectivity index (χ2v) is 5.34. The van der Waals surface area contributed by atoms with Crippen molar-refractivity contribution in [3.05, 3.63) is 50.2 Å². The number of nitrogens with one attached hydrogen (secondary N) is 1. The molecule has 0 aliphatic rings. The van der Waals surface area contributed by atoms with E-state index >= 15 is 0 Å². The highest BCUT2D eigenvalue weighted by Crippen LogP contribution is 2.18. The van der Waals surface area contributed by atoms with Crippen molar-refractivity contribution in [2.45, 2.75) is 27.3 Å². The van der Waals surface area contributed by atoms with E-state index in [-0.39, 0.29) is 5.69 Å². The van der Waals surface area contributed by atoms with Gasteiger partial charge in [-0.25, -0.2) is 9.78 Å². The Kier molecular flexibility index (Phi) is 4.54. The zero-order chi connectivity index (χ0) is 14.7. The molecule has 2 rings (SSSR count). The van der Waals surface area contributed by atoms with Crippen LogP contribution in [-0.4, -0.2) is 21.1 Å². The van der Waals surface area contributed by atoms with Gasteiger partial charge in [-0.1, -0.05) is 0 Å². The first kappa shape index (κ1) is 14.7. The largest absolute Gasteiger partial charge is 0.370 e. The third-order valence-electron chi connectivity index (χ3n) is 3.06. The van der Waals surface area contributed by atoms with Crippen LogP contribution in [0, 0.1) is 13.8 Å². The van der Waals surface area contributed by atoms with Crippen molar-refractivity contribution in [3.8, 4) is 0 Å². The first-order valence-electron chi connectivity index (χ1n) is 6.45. The molecular formula is C14H17BrN4O. The van der Waals surface area contributed by atoms with Crippen molar-refractivity contribution in [2.24, 2.45) is 0 Å². The Morgan fingerprint density at radius 3 is 2.85 bits per heavy atom. The van der Waals surface area contributed by atoms with E-state index in [1.165, 1.54) is 0 Å². The van der Waals surface area contributed by atoms with Crippen LogP contribution in [0.1, 0.15) is 23.9 Å². The highest BCUT2D eigenvalue weighted by atomic mass is 79.9. The molecule has 2 heterocycles. The molecule has 0 bridgehead atoms. The number of anilines is 1. The molecule has 5 nitrogen and oxygen atoms in total. The van der Waals surface area contributed by atoms with Crippen molar-refractivity contribution in [1.29, 1.82) is 0 Å². The molecule has 0 radical (unpaired) electrons. The smallest absolute Gasteiger partial charge is 0.348 e. The van der Waals surface area contributed by atoms with Gasteiger partial charge in [-0.2, -0.15) is 4.98 Å². The number of hydrogen-bond donors (Lipinski definition) is 1. The second-order valence-electron chi connectivity index (χ2n) is 4.54. The molecule has 0 saturated carbocycles. The van der Waals surface area contributed by atoms with E-state index in [9.17, 15) is 4.79 Å². The lowest BCUT2D eigenvalue weighted by Crippen LogP contribution is -2.27. The van der Waals surface area contributed by atoms with Crippen LogP contribution in [-0.2, 0) is 6.54 Å². The van der Waals surface area contributed by atoms with Gasteiger partial charge in [-0.3, -0.25) is 4.57 Å². The van der Waals surface area contributed by atoms with E-state index in [1.54, 1.807) is 10.8 Å². The van der Waals surface area contributed by atoms with Gasteiger partial charge < -0.3 is 5.32 Å². The van der Waals surface area contributed by atoms with E-state index in [0.717, 1.165) is 28.1 Å². The molecule has 0 spiro atoms. The number of aryl methyl sites for hydroxylation is 1. The van der Waals surface area contributed by atoms with Crippen LogP contribution in [0.25, 0.3) is 0 Å². The van der Waals surface area contributed by atoms with E-state index in [0.29, 0.717) is 12.2 Å². The SMILES string of the molecule is CCNc1cc(Cn2c(C)c(Br)c(C)nc2=O)ccn1. The summed E-state index contributed by atoms with van der Waals surface area (Å²) >= 11 is 3.47. The Labute approximate surface area is 126 Å². The molecular weight excluding hydrogens is 320 g/mol. The Morgan fingerprint density at radius 1 is 1.40 bits per heavy atom. The van der Waals surface area contributed by atoms with Crippen LogP contribution < -0.4 is 11.0 Å². The van der Waals surface area contributed by atoms with E-state index in [2.05, 4.69) is 31.2 Å². The minimum absolute atomic E-state index is 0.231. The Balaban J connectivity index is 2.38. The van der Waals surface area contributed by atoms with Gasteiger partial charge in [-0.05, 0) is 54.4 Å². The molecule has 0 unspecified atom stereocenters. The van der Waals surface area contributed by atoms with Gasteiger partial charge in [0.2, 0.25) is 0 Å². The van der Waals surface area contributed by atoms with Crippen LogP contribution in [0.4, 0.5) is 5.82 Å². The quantitative estimate of drug-likeness (QED) is 0.931. The van der Waals surface area contributed by atoms with Crippen molar-refractivity contribution >= 4 is 21.7 Å². The lowest BCUT2D eigenvalue weighted by Gasteiger charge is -2.12. The summed E-state index contributed by atoms with van der Waals surface area (Å²) in [6.07, 6.45) is 1.74. The number of nitrogens with zero attached hydrogens (tertiary/aromatic N) is 3. The molecule has 0 aliphatic carbocycles. The van der Waals surface area contributed by atoms with E-state index in [1.807, 2.05) is 32.9 Å². The van der Waals surface area contributed by atoms with Gasteiger partial charge in [0.15, 0.2) is 0 Å². The molecule has 20 heavy (non-hydrogen) atoms. The predicted molar refractivity (Wildman–Crippen MR) is 83.2 cm³/mol. The summed E-state index contributed by atoms with van der Waals surface area (Å²) in [6.45, 7) is 7.04. The first-order valence-corrected chi connectivity index (χ1v) is 7.24. The minimum Gasteiger partial charge on any atom is -0.370 e. The summed E-state index contributed by atoms with van der Waals surface area (Å²) in [5.41, 5.74) is 2.37. The Bertz CT molecular complexity index is 681. The normalized spacial score (nSPS) is 10.6. The molecule has 0 saturated heterocycles. The molecule has 0 atom stereocenters. The Hall–Kier alpha value is -1.69. The summed E-state index contributed by atoms with van der Waals surface area (Å²) < 4.78 is 2.53. The number of pyridine rings is 1. The summed E-state index contributed by atoms with van der Waals surface area (Å²) in [6, 6.07) is 3.85. The number of hydrogen-bond acceptors (Lipinski definition) is 4. The maximum absolute atomic E-state index is 12.0. The molecule has 1 N–H and O–H groups in total. The van der Waals surface area contributed by atoms with Crippen LogP contribution in [0.5, 0.6) is 0 Å². The van der Waals surface area contributed by atoms with Gasteiger partial charge in [0.1, 0.15) is 5.82 Å². The standard InChI is InChI=1S/C14H17BrN4O/c1-4-16-12-7-11(5-6-17-12)8-19-10(3)13(15)9(2)18-14(19)20/h5-7H,4,8H2,1-3H3,(H,16,17). The van der Waals surface area contributed by atoms with Crippen LogP contribution in [0.15, 0.2) is 27.6 Å². The van der Waals surface area contributed by atoms with Crippen molar-refractivity contribution in [2.75, 3.05) is 11.9 Å². The summed E-state index contributed by atoms with van der Waals surface area (Å²) in [5, 5.41) is 3.16. The lowest BCUT2D eigenvalue weighted by atomic mass is 10.2.